The zero-order valence-electron chi connectivity index (χ0n) is 9.51. The van der Waals surface area contributed by atoms with Gasteiger partial charge in [0.05, 0.1) is 6.10 Å². The van der Waals surface area contributed by atoms with Gasteiger partial charge in [0, 0.05) is 32.2 Å². The first-order chi connectivity index (χ1) is 7.60. The van der Waals surface area contributed by atoms with Crippen LogP contribution >= 0.6 is 11.8 Å². The van der Waals surface area contributed by atoms with E-state index in [1.54, 1.807) is 18.9 Å². The van der Waals surface area contributed by atoms with Crippen molar-refractivity contribution in [3.05, 3.63) is 0 Å². The number of aliphatic carboxylic acids is 1. The van der Waals surface area contributed by atoms with Crippen molar-refractivity contribution in [3.8, 4) is 0 Å². The van der Waals surface area contributed by atoms with Gasteiger partial charge in [-0.3, -0.25) is 4.79 Å². The molecular weight excluding hydrogens is 230 g/mol. The van der Waals surface area contributed by atoms with E-state index in [4.69, 9.17) is 9.84 Å². The van der Waals surface area contributed by atoms with Gasteiger partial charge in [-0.05, 0) is 6.26 Å². The first kappa shape index (κ1) is 13.3. The maximum Gasteiger partial charge on any atom is 0.326 e. The van der Waals surface area contributed by atoms with Gasteiger partial charge in [-0.25, -0.2) is 4.79 Å². The van der Waals surface area contributed by atoms with Crippen LogP contribution in [-0.4, -0.2) is 59.7 Å². The number of methoxy groups -OCH3 is 1. The predicted octanol–water partition coefficient (Wildman–Crippen LogP) is 0.440. The number of nitrogens with zero attached hydrogens (tertiary/aromatic N) is 1. The molecule has 1 N–H and O–H groups in total. The van der Waals surface area contributed by atoms with Crippen molar-refractivity contribution in [1.82, 2.24) is 4.90 Å². The number of carbonyl (C=O) groups excluding carboxylic acids is 1. The van der Waals surface area contributed by atoms with Crippen LogP contribution < -0.4 is 0 Å². The van der Waals surface area contributed by atoms with E-state index < -0.39 is 12.0 Å². The SMILES string of the molecule is COC1CC(C(=O)O)N(C(=O)CCSC)C1. The minimum Gasteiger partial charge on any atom is -0.480 e. The van der Waals surface area contributed by atoms with Crippen LogP contribution in [0.5, 0.6) is 0 Å². The molecule has 92 valence electrons. The second-order valence-corrected chi connectivity index (χ2v) is 4.72. The number of carbonyl (C=O) groups is 2. The summed E-state index contributed by atoms with van der Waals surface area (Å²) in [7, 11) is 1.54. The summed E-state index contributed by atoms with van der Waals surface area (Å²) in [5.74, 6) is -0.322. The average Bonchev–Trinajstić information content (AvgIpc) is 2.70. The Balaban J connectivity index is 2.61. The number of hydrogen-bond donors (Lipinski definition) is 1. The number of ether oxygens (including phenoxy) is 1. The summed E-state index contributed by atoms with van der Waals surface area (Å²) in [6.45, 7) is 0.390. The van der Waals surface area contributed by atoms with Crippen molar-refractivity contribution in [3.63, 3.8) is 0 Å². The predicted molar refractivity (Wildman–Crippen MR) is 61.5 cm³/mol. The second-order valence-electron chi connectivity index (χ2n) is 3.74. The molecule has 0 bridgehead atoms. The Kier molecular flexibility index (Phi) is 5.08. The van der Waals surface area contributed by atoms with Crippen LogP contribution in [0.4, 0.5) is 0 Å². The third kappa shape index (κ3) is 3.12. The second kappa shape index (κ2) is 6.10. The zero-order chi connectivity index (χ0) is 12.1. The minimum absolute atomic E-state index is 0.0960. The van der Waals surface area contributed by atoms with E-state index in [-0.39, 0.29) is 12.0 Å². The van der Waals surface area contributed by atoms with Crippen LogP contribution in [0.25, 0.3) is 0 Å². The van der Waals surface area contributed by atoms with Gasteiger partial charge in [-0.1, -0.05) is 0 Å². The molecule has 1 amide bonds. The van der Waals surface area contributed by atoms with E-state index >= 15 is 0 Å². The molecule has 1 aliphatic heterocycles. The number of thioether (sulfide) groups is 1. The Hall–Kier alpha value is -0.750. The first-order valence-electron chi connectivity index (χ1n) is 5.14. The Morgan fingerprint density at radius 1 is 1.56 bits per heavy atom. The van der Waals surface area contributed by atoms with E-state index in [9.17, 15) is 9.59 Å². The highest BCUT2D eigenvalue weighted by Gasteiger charge is 2.39. The van der Waals surface area contributed by atoms with Gasteiger partial charge in [0.1, 0.15) is 6.04 Å². The lowest BCUT2D eigenvalue weighted by molar-refractivity contribution is -0.148. The number of hydrogen-bond acceptors (Lipinski definition) is 4. The number of likely N-dealkylation sites (tertiary alicyclic amines) is 1. The molecule has 2 atom stereocenters. The lowest BCUT2D eigenvalue weighted by atomic mass is 10.2. The highest BCUT2D eigenvalue weighted by molar-refractivity contribution is 7.98. The molecular formula is C10H17NO4S. The van der Waals surface area contributed by atoms with Crippen molar-refractivity contribution in [2.75, 3.05) is 25.7 Å². The van der Waals surface area contributed by atoms with Crippen LogP contribution in [-0.2, 0) is 14.3 Å². The lowest BCUT2D eigenvalue weighted by Gasteiger charge is -2.20. The summed E-state index contributed by atoms with van der Waals surface area (Å²) in [5, 5.41) is 9.02. The van der Waals surface area contributed by atoms with E-state index in [1.165, 1.54) is 4.90 Å². The molecule has 1 heterocycles. The van der Waals surface area contributed by atoms with Gasteiger partial charge in [-0.2, -0.15) is 11.8 Å². The molecule has 0 saturated carbocycles. The van der Waals surface area contributed by atoms with Crippen LogP contribution in [0.1, 0.15) is 12.8 Å². The fourth-order valence-corrected chi connectivity index (χ4v) is 2.19. The molecule has 6 heteroatoms. The smallest absolute Gasteiger partial charge is 0.326 e. The molecule has 5 nitrogen and oxygen atoms in total. The minimum atomic E-state index is -0.947. The zero-order valence-corrected chi connectivity index (χ0v) is 10.3. The van der Waals surface area contributed by atoms with Crippen molar-refractivity contribution in [2.45, 2.75) is 25.0 Å². The standard InChI is InChI=1S/C10H17NO4S/c1-15-7-5-8(10(13)14)11(6-7)9(12)3-4-16-2/h7-8H,3-6H2,1-2H3,(H,13,14). The van der Waals surface area contributed by atoms with Crippen molar-refractivity contribution in [1.29, 1.82) is 0 Å². The van der Waals surface area contributed by atoms with Gasteiger partial charge in [0.15, 0.2) is 0 Å². The Labute approximate surface area is 99.1 Å². The highest BCUT2D eigenvalue weighted by Crippen LogP contribution is 2.21. The van der Waals surface area contributed by atoms with Crippen molar-refractivity contribution < 1.29 is 19.4 Å². The van der Waals surface area contributed by atoms with Gasteiger partial charge in [0.2, 0.25) is 5.91 Å². The maximum atomic E-state index is 11.8. The Morgan fingerprint density at radius 2 is 2.25 bits per heavy atom. The first-order valence-corrected chi connectivity index (χ1v) is 6.53. The summed E-state index contributed by atoms with van der Waals surface area (Å²) >= 11 is 1.58. The molecule has 0 radical (unpaired) electrons. The summed E-state index contributed by atoms with van der Waals surface area (Å²) in [5.41, 5.74) is 0. The van der Waals surface area contributed by atoms with E-state index in [2.05, 4.69) is 0 Å². The summed E-state index contributed by atoms with van der Waals surface area (Å²) in [6.07, 6.45) is 2.54. The monoisotopic (exact) mass is 247 g/mol. The van der Waals surface area contributed by atoms with Crippen molar-refractivity contribution in [2.24, 2.45) is 0 Å². The number of rotatable bonds is 5. The van der Waals surface area contributed by atoms with E-state index in [1.807, 2.05) is 6.26 Å². The summed E-state index contributed by atoms with van der Waals surface area (Å²) < 4.78 is 5.11. The van der Waals surface area contributed by atoms with E-state index in [0.29, 0.717) is 19.4 Å². The summed E-state index contributed by atoms with van der Waals surface area (Å²) in [4.78, 5) is 24.2. The highest BCUT2D eigenvalue weighted by atomic mass is 32.2. The van der Waals surface area contributed by atoms with Gasteiger partial charge in [-0.15, -0.1) is 0 Å². The Morgan fingerprint density at radius 3 is 2.75 bits per heavy atom. The molecule has 0 aromatic heterocycles. The molecule has 0 spiro atoms. The maximum absolute atomic E-state index is 11.8. The van der Waals surface area contributed by atoms with Crippen LogP contribution in [0.15, 0.2) is 0 Å². The molecule has 0 aromatic rings. The molecule has 0 aromatic carbocycles. The molecule has 1 fully saturated rings. The quantitative estimate of drug-likeness (QED) is 0.763. The normalized spacial score (nSPS) is 24.8. The molecule has 16 heavy (non-hydrogen) atoms. The third-order valence-electron chi connectivity index (χ3n) is 2.72. The topological polar surface area (TPSA) is 66.8 Å². The molecule has 2 unspecified atom stereocenters. The molecule has 1 rings (SSSR count). The number of carboxylic acid groups (broad SMARTS) is 1. The lowest BCUT2D eigenvalue weighted by Crippen LogP contribution is -2.40. The van der Waals surface area contributed by atoms with Crippen molar-refractivity contribution >= 4 is 23.6 Å². The number of amides is 1. The fraction of sp³-hybridized carbons (Fsp3) is 0.800. The van der Waals surface area contributed by atoms with Gasteiger partial charge >= 0.3 is 5.97 Å². The van der Waals surface area contributed by atoms with E-state index in [0.717, 1.165) is 5.75 Å². The third-order valence-corrected chi connectivity index (χ3v) is 3.33. The largest absolute Gasteiger partial charge is 0.480 e. The Bertz CT molecular complexity index is 272. The molecule has 1 saturated heterocycles. The van der Waals surface area contributed by atoms with Crippen LogP contribution in [0.3, 0.4) is 0 Å². The average molecular weight is 247 g/mol. The molecule has 1 aliphatic rings. The van der Waals surface area contributed by atoms with Gasteiger partial charge in [0.25, 0.3) is 0 Å². The van der Waals surface area contributed by atoms with Gasteiger partial charge < -0.3 is 14.7 Å². The van der Waals surface area contributed by atoms with Crippen LogP contribution in [0.2, 0.25) is 0 Å². The fourth-order valence-electron chi connectivity index (χ4n) is 1.81. The summed E-state index contributed by atoms with van der Waals surface area (Å²) in [6, 6.07) is -0.723. The molecule has 0 aliphatic carbocycles. The van der Waals surface area contributed by atoms with Crippen LogP contribution in [0, 0.1) is 0 Å². The number of carboxylic acids is 1.